The molecule has 1 aliphatic rings. The number of furan rings is 1. The van der Waals surface area contributed by atoms with Gasteiger partial charge in [0.25, 0.3) is 5.91 Å². The number of β-amino-alcohol motifs (C(OH)–C–C–N with tert-alkyl or cyclic N) is 1. The van der Waals surface area contributed by atoms with Crippen LogP contribution >= 0.6 is 0 Å². The molecule has 4 rings (SSSR count). The fourth-order valence-electron chi connectivity index (χ4n) is 3.85. The molecule has 1 aromatic heterocycles. The number of hydrogen-bond donors (Lipinski definition) is 1. The first-order valence-electron chi connectivity index (χ1n) is 10.5. The monoisotopic (exact) mass is 437 g/mol. The van der Waals surface area contributed by atoms with Gasteiger partial charge in [0.2, 0.25) is 0 Å². The van der Waals surface area contributed by atoms with Gasteiger partial charge in [-0.05, 0) is 43.3 Å². The summed E-state index contributed by atoms with van der Waals surface area (Å²) in [6, 6.07) is 16.4. The van der Waals surface area contributed by atoms with Gasteiger partial charge in [-0.15, -0.1) is 0 Å². The number of methoxy groups -OCH3 is 2. The lowest BCUT2D eigenvalue weighted by Crippen LogP contribution is -2.51. The summed E-state index contributed by atoms with van der Waals surface area (Å²) in [6.45, 7) is 2.59. The Hall–Kier alpha value is -3.45. The number of likely N-dealkylation sites (tertiary alicyclic amines) is 1. The molecule has 32 heavy (non-hydrogen) atoms. The van der Waals surface area contributed by atoms with Crippen molar-refractivity contribution < 1.29 is 28.5 Å². The summed E-state index contributed by atoms with van der Waals surface area (Å²) in [6.07, 6.45) is -0.696. The van der Waals surface area contributed by atoms with Crippen molar-refractivity contribution in [2.24, 2.45) is 0 Å². The maximum atomic E-state index is 12.9. The number of carbonyl (C=O) groups excluding carboxylic acids is 1. The average Bonchev–Trinajstić information content (AvgIpc) is 3.26. The predicted octanol–water partition coefficient (Wildman–Crippen LogP) is 3.93. The van der Waals surface area contributed by atoms with Gasteiger partial charge in [-0.25, -0.2) is 0 Å². The van der Waals surface area contributed by atoms with E-state index in [4.69, 9.17) is 18.6 Å². The summed E-state index contributed by atoms with van der Waals surface area (Å²) in [5.74, 6) is 3.23. The first kappa shape index (κ1) is 21.8. The van der Waals surface area contributed by atoms with Crippen molar-refractivity contribution >= 4 is 5.91 Å². The number of rotatable bonds is 6. The molecule has 1 amide bonds. The highest BCUT2D eigenvalue weighted by Gasteiger charge is 2.32. The van der Waals surface area contributed by atoms with Gasteiger partial charge in [-0.3, -0.25) is 4.79 Å². The smallest absolute Gasteiger partial charge is 0.253 e. The van der Waals surface area contributed by atoms with Crippen molar-refractivity contribution in [2.45, 2.75) is 25.6 Å². The first-order valence-corrected chi connectivity index (χ1v) is 10.5. The second-order valence-corrected chi connectivity index (χ2v) is 7.77. The zero-order chi connectivity index (χ0) is 22.7. The second kappa shape index (κ2) is 9.36. The van der Waals surface area contributed by atoms with Gasteiger partial charge in [0, 0.05) is 30.2 Å². The standard InChI is InChI=1S/C25H27NO6/c1-16-4-10-21(31-16)17-5-7-18(8-6-17)25(28)26-13-12-22(20(27)15-26)32-19-9-11-23(29-2)24(14-19)30-3/h4-11,14,20,22,27H,12-13,15H2,1-3H3/t20-,22-/m1/s1. The Labute approximate surface area is 187 Å². The summed E-state index contributed by atoms with van der Waals surface area (Å²) in [5.41, 5.74) is 1.49. The molecule has 2 aromatic carbocycles. The molecule has 0 saturated carbocycles. The first-order chi connectivity index (χ1) is 15.5. The summed E-state index contributed by atoms with van der Waals surface area (Å²) in [4.78, 5) is 14.6. The van der Waals surface area contributed by atoms with Crippen LogP contribution in [-0.2, 0) is 0 Å². The number of aliphatic hydroxyl groups excluding tert-OH is 1. The van der Waals surface area contributed by atoms with Gasteiger partial charge in [0.15, 0.2) is 11.5 Å². The van der Waals surface area contributed by atoms with Crippen LogP contribution in [0.2, 0.25) is 0 Å². The highest BCUT2D eigenvalue weighted by Crippen LogP contribution is 2.32. The fourth-order valence-corrected chi connectivity index (χ4v) is 3.85. The van der Waals surface area contributed by atoms with Crippen molar-refractivity contribution in [1.82, 2.24) is 4.90 Å². The molecule has 0 radical (unpaired) electrons. The number of hydrogen-bond acceptors (Lipinski definition) is 6. The molecule has 0 bridgehead atoms. The van der Waals surface area contributed by atoms with Crippen LogP contribution in [0.25, 0.3) is 11.3 Å². The van der Waals surface area contributed by atoms with Crippen LogP contribution in [0.3, 0.4) is 0 Å². The van der Waals surface area contributed by atoms with E-state index in [1.165, 1.54) is 0 Å². The van der Waals surface area contributed by atoms with Crippen molar-refractivity contribution in [1.29, 1.82) is 0 Å². The zero-order valence-corrected chi connectivity index (χ0v) is 18.4. The molecule has 2 atom stereocenters. The van der Waals surface area contributed by atoms with Crippen LogP contribution in [0.4, 0.5) is 0 Å². The van der Waals surface area contributed by atoms with Crippen LogP contribution in [0.1, 0.15) is 22.5 Å². The highest BCUT2D eigenvalue weighted by atomic mass is 16.5. The van der Waals surface area contributed by atoms with E-state index in [1.54, 1.807) is 49.5 Å². The summed E-state index contributed by atoms with van der Waals surface area (Å²) in [5, 5.41) is 10.6. The van der Waals surface area contributed by atoms with Gasteiger partial charge >= 0.3 is 0 Å². The van der Waals surface area contributed by atoms with E-state index in [2.05, 4.69) is 0 Å². The van der Waals surface area contributed by atoms with Crippen molar-refractivity contribution in [2.75, 3.05) is 27.3 Å². The number of benzene rings is 2. The molecule has 1 saturated heterocycles. The van der Waals surface area contributed by atoms with Crippen LogP contribution in [0, 0.1) is 6.92 Å². The van der Waals surface area contributed by atoms with E-state index in [0.717, 1.165) is 17.1 Å². The van der Waals surface area contributed by atoms with E-state index >= 15 is 0 Å². The van der Waals surface area contributed by atoms with Gasteiger partial charge in [-0.1, -0.05) is 12.1 Å². The Morgan fingerprint density at radius 2 is 1.78 bits per heavy atom. The lowest BCUT2D eigenvalue weighted by atomic mass is 10.0. The van der Waals surface area contributed by atoms with E-state index < -0.39 is 12.2 Å². The Morgan fingerprint density at radius 3 is 2.41 bits per heavy atom. The number of aliphatic hydroxyl groups is 1. The second-order valence-electron chi connectivity index (χ2n) is 7.77. The zero-order valence-electron chi connectivity index (χ0n) is 18.4. The minimum Gasteiger partial charge on any atom is -0.493 e. The molecular formula is C25H27NO6. The third-order valence-corrected chi connectivity index (χ3v) is 5.61. The molecular weight excluding hydrogens is 410 g/mol. The third-order valence-electron chi connectivity index (χ3n) is 5.61. The minimum atomic E-state index is -0.800. The Bertz CT molecular complexity index is 1070. The van der Waals surface area contributed by atoms with Crippen molar-refractivity contribution in [3.63, 3.8) is 0 Å². The van der Waals surface area contributed by atoms with E-state index in [0.29, 0.717) is 35.8 Å². The lowest BCUT2D eigenvalue weighted by Gasteiger charge is -2.36. The van der Waals surface area contributed by atoms with Gasteiger partial charge in [0.1, 0.15) is 29.5 Å². The van der Waals surface area contributed by atoms with E-state index in [-0.39, 0.29) is 12.5 Å². The molecule has 1 fully saturated rings. The molecule has 2 heterocycles. The van der Waals surface area contributed by atoms with E-state index in [1.807, 2.05) is 31.2 Å². The summed E-state index contributed by atoms with van der Waals surface area (Å²) in [7, 11) is 3.13. The summed E-state index contributed by atoms with van der Waals surface area (Å²) < 4.78 is 22.1. The number of nitrogens with zero attached hydrogens (tertiary/aromatic N) is 1. The maximum Gasteiger partial charge on any atom is 0.253 e. The Balaban J connectivity index is 1.38. The fraction of sp³-hybridized carbons (Fsp3) is 0.320. The quantitative estimate of drug-likeness (QED) is 0.629. The molecule has 7 heteroatoms. The molecule has 0 aliphatic carbocycles. The molecule has 3 aromatic rings. The van der Waals surface area contributed by atoms with Gasteiger partial charge < -0.3 is 28.6 Å². The van der Waals surface area contributed by atoms with Crippen LogP contribution in [0.5, 0.6) is 17.2 Å². The Kier molecular flexibility index (Phi) is 6.37. The largest absolute Gasteiger partial charge is 0.493 e. The number of aryl methyl sites for hydroxylation is 1. The molecule has 1 N–H and O–H groups in total. The maximum absolute atomic E-state index is 12.9. The lowest BCUT2D eigenvalue weighted by molar-refractivity contribution is -0.0199. The number of carbonyl (C=O) groups is 1. The molecule has 7 nitrogen and oxygen atoms in total. The summed E-state index contributed by atoms with van der Waals surface area (Å²) >= 11 is 0. The van der Waals surface area contributed by atoms with E-state index in [9.17, 15) is 9.90 Å². The molecule has 0 spiro atoms. The highest BCUT2D eigenvalue weighted by molar-refractivity contribution is 5.94. The van der Waals surface area contributed by atoms with Gasteiger partial charge in [-0.2, -0.15) is 0 Å². The normalized spacial score (nSPS) is 18.3. The molecule has 1 aliphatic heterocycles. The third kappa shape index (κ3) is 4.57. The number of amides is 1. The molecule has 0 unspecified atom stereocenters. The van der Waals surface area contributed by atoms with Crippen molar-refractivity contribution in [3.05, 3.63) is 65.9 Å². The molecule has 168 valence electrons. The SMILES string of the molecule is COc1ccc(O[C@@H]2CCN(C(=O)c3ccc(-c4ccc(C)o4)cc3)C[C@H]2O)cc1OC. The minimum absolute atomic E-state index is 0.115. The number of ether oxygens (including phenoxy) is 3. The van der Waals surface area contributed by atoms with Crippen LogP contribution < -0.4 is 14.2 Å². The topological polar surface area (TPSA) is 81.4 Å². The van der Waals surface area contributed by atoms with Crippen LogP contribution in [-0.4, -0.2) is 55.4 Å². The van der Waals surface area contributed by atoms with Crippen molar-refractivity contribution in [3.8, 4) is 28.6 Å². The Morgan fingerprint density at radius 1 is 1.03 bits per heavy atom. The van der Waals surface area contributed by atoms with Gasteiger partial charge in [0.05, 0.1) is 20.8 Å². The average molecular weight is 437 g/mol. The number of piperidine rings is 1. The predicted molar refractivity (Wildman–Crippen MR) is 119 cm³/mol. The van der Waals surface area contributed by atoms with Crippen LogP contribution in [0.15, 0.2) is 59.0 Å².